The number of alkyl halides is 3. The Morgan fingerprint density at radius 3 is 2.42 bits per heavy atom. The summed E-state index contributed by atoms with van der Waals surface area (Å²) in [5, 5.41) is 3.78. The molecule has 0 bridgehead atoms. The van der Waals surface area contributed by atoms with Crippen LogP contribution in [-0.4, -0.2) is 17.9 Å². The van der Waals surface area contributed by atoms with Gasteiger partial charge >= 0.3 is 12.3 Å². The molecule has 136 valence electrons. The van der Waals surface area contributed by atoms with E-state index in [1.165, 1.54) is 38.1 Å². The molecular formula is C18H14F4N2O2. The normalized spacial score (nSPS) is 17.4. The van der Waals surface area contributed by atoms with Crippen LogP contribution in [0.4, 0.5) is 22.4 Å². The fraction of sp³-hybridized carbons (Fsp3) is 0.222. The molecule has 4 nitrogen and oxygen atoms in total. The number of benzene rings is 2. The minimum atomic E-state index is -4.66. The number of rotatable bonds is 2. The number of carbonyl (C=O) groups is 1. The average molecular weight is 366 g/mol. The van der Waals surface area contributed by atoms with E-state index < -0.39 is 29.8 Å². The molecule has 2 aromatic rings. The highest BCUT2D eigenvalue weighted by Crippen LogP contribution is 2.38. The summed E-state index contributed by atoms with van der Waals surface area (Å²) >= 11 is 0. The number of aryl methyl sites for hydroxylation is 1. The Balaban J connectivity index is 2.13. The predicted molar refractivity (Wildman–Crippen MR) is 87.2 cm³/mol. The molecule has 1 aliphatic rings. The summed E-state index contributed by atoms with van der Waals surface area (Å²) in [5.41, 5.74) is 1.79. The van der Waals surface area contributed by atoms with Crippen LogP contribution in [0.3, 0.4) is 0 Å². The molecular weight excluding hydrogens is 352 g/mol. The zero-order valence-corrected chi connectivity index (χ0v) is 13.8. The summed E-state index contributed by atoms with van der Waals surface area (Å²) in [4.78, 5) is 11.1. The van der Waals surface area contributed by atoms with E-state index in [2.05, 4.69) is 10.5 Å². The lowest BCUT2D eigenvalue weighted by Gasteiger charge is -2.22. The van der Waals surface area contributed by atoms with Gasteiger partial charge in [-0.2, -0.15) is 18.3 Å². The highest BCUT2D eigenvalue weighted by Gasteiger charge is 2.35. The van der Waals surface area contributed by atoms with Gasteiger partial charge in [-0.15, -0.1) is 0 Å². The van der Waals surface area contributed by atoms with E-state index in [0.717, 1.165) is 12.1 Å². The molecule has 8 heteroatoms. The van der Waals surface area contributed by atoms with E-state index in [1.807, 2.05) is 0 Å². The molecule has 1 atom stereocenters. The number of hydrogen-bond donors (Lipinski definition) is 1. The van der Waals surface area contributed by atoms with Crippen molar-refractivity contribution in [2.24, 2.45) is 5.10 Å². The molecule has 0 aromatic heterocycles. The Morgan fingerprint density at radius 2 is 1.81 bits per heavy atom. The summed E-state index contributed by atoms with van der Waals surface area (Å²) in [5.74, 6) is -0.582. The Kier molecular flexibility index (Phi) is 4.43. The van der Waals surface area contributed by atoms with Crippen LogP contribution in [0.15, 0.2) is 41.5 Å². The zero-order chi connectivity index (χ0) is 19.1. The van der Waals surface area contributed by atoms with Crippen molar-refractivity contribution in [1.29, 1.82) is 0 Å². The highest BCUT2D eigenvalue weighted by molar-refractivity contribution is 6.06. The fourth-order valence-electron chi connectivity index (χ4n) is 2.69. The van der Waals surface area contributed by atoms with E-state index in [1.54, 1.807) is 0 Å². The Bertz CT molecular complexity index is 907. The van der Waals surface area contributed by atoms with Crippen molar-refractivity contribution in [3.05, 3.63) is 58.9 Å². The molecule has 3 rings (SSSR count). The van der Waals surface area contributed by atoms with Crippen LogP contribution in [0.2, 0.25) is 0 Å². The number of nitrogens with zero attached hydrogens (tertiary/aromatic N) is 1. The molecule has 1 amide bonds. The van der Waals surface area contributed by atoms with Gasteiger partial charge in [-0.25, -0.2) is 14.6 Å². The first-order chi connectivity index (χ1) is 12.2. The quantitative estimate of drug-likeness (QED) is 0.787. The maximum Gasteiger partial charge on any atom is 0.428 e. The van der Waals surface area contributed by atoms with Crippen LogP contribution in [0, 0.1) is 12.7 Å². The number of nitrogens with one attached hydrogen (secondary N) is 1. The largest absolute Gasteiger partial charge is 0.439 e. The fourth-order valence-corrected chi connectivity index (χ4v) is 2.69. The average Bonchev–Trinajstić information content (AvgIpc) is 2.56. The summed E-state index contributed by atoms with van der Waals surface area (Å²) < 4.78 is 59.5. The van der Waals surface area contributed by atoms with Gasteiger partial charge in [0.05, 0.1) is 5.56 Å². The monoisotopic (exact) mass is 366 g/mol. The van der Waals surface area contributed by atoms with Gasteiger partial charge in [0.1, 0.15) is 17.6 Å². The minimum absolute atomic E-state index is 0.121. The molecule has 0 saturated heterocycles. The van der Waals surface area contributed by atoms with Crippen molar-refractivity contribution in [3.63, 3.8) is 0 Å². The van der Waals surface area contributed by atoms with Gasteiger partial charge in [0.15, 0.2) is 0 Å². The first-order valence-corrected chi connectivity index (χ1v) is 7.69. The number of hydrogen-bond acceptors (Lipinski definition) is 3. The molecule has 0 saturated carbocycles. The van der Waals surface area contributed by atoms with Crippen molar-refractivity contribution < 1.29 is 27.1 Å². The van der Waals surface area contributed by atoms with Gasteiger partial charge in [0.2, 0.25) is 0 Å². The second kappa shape index (κ2) is 6.44. The lowest BCUT2D eigenvalue weighted by molar-refractivity contribution is -0.137. The molecule has 26 heavy (non-hydrogen) atoms. The Hall–Kier alpha value is -2.90. The van der Waals surface area contributed by atoms with Gasteiger partial charge in [-0.05, 0) is 42.7 Å². The minimum Gasteiger partial charge on any atom is -0.439 e. The van der Waals surface area contributed by atoms with Crippen molar-refractivity contribution in [2.75, 3.05) is 0 Å². The van der Waals surface area contributed by atoms with Crippen LogP contribution >= 0.6 is 0 Å². The third-order valence-corrected chi connectivity index (χ3v) is 4.04. The molecule has 0 fully saturated rings. The highest BCUT2D eigenvalue weighted by atomic mass is 19.4. The predicted octanol–water partition coefficient (Wildman–Crippen LogP) is 4.65. The molecule has 1 heterocycles. The number of amides is 1. The smallest absolute Gasteiger partial charge is 0.428 e. The maximum atomic E-state index is 13.8. The first-order valence-electron chi connectivity index (χ1n) is 7.69. The SMILES string of the molecule is Cc1ccc(-c2ccc(C3=NNC(=O)O[C@H]3C)cc2C(F)(F)F)cc1F. The van der Waals surface area contributed by atoms with Crippen molar-refractivity contribution in [2.45, 2.75) is 26.1 Å². The lowest BCUT2D eigenvalue weighted by Crippen LogP contribution is -2.37. The number of hydrazone groups is 1. The molecule has 2 aromatic carbocycles. The summed E-state index contributed by atoms with van der Waals surface area (Å²) in [6, 6.07) is 7.54. The van der Waals surface area contributed by atoms with Crippen LogP contribution in [0.5, 0.6) is 0 Å². The van der Waals surface area contributed by atoms with E-state index in [0.29, 0.717) is 5.56 Å². The van der Waals surface area contributed by atoms with Gasteiger partial charge in [0, 0.05) is 5.56 Å². The summed E-state index contributed by atoms with van der Waals surface area (Å²) in [6.07, 6.45) is -6.23. The van der Waals surface area contributed by atoms with Gasteiger partial charge in [-0.1, -0.05) is 24.3 Å². The van der Waals surface area contributed by atoms with Crippen LogP contribution in [0.25, 0.3) is 11.1 Å². The number of carbonyl (C=O) groups excluding carboxylic acids is 1. The Labute approximate surface area is 146 Å². The standard InChI is InChI=1S/C18H14F4N2O2/c1-9-3-4-11(8-15(9)19)13-6-5-12(7-14(13)18(20,21)22)16-10(2)26-17(25)24-23-16/h3-8,10H,1-2H3,(H,24,25)/t10-/m0/s1. The third kappa shape index (κ3) is 3.40. The molecule has 0 unspecified atom stereocenters. The van der Waals surface area contributed by atoms with Gasteiger partial charge in [-0.3, -0.25) is 0 Å². The molecule has 0 radical (unpaired) electrons. The Morgan fingerprint density at radius 1 is 1.12 bits per heavy atom. The maximum absolute atomic E-state index is 13.8. The zero-order valence-electron chi connectivity index (χ0n) is 13.8. The molecule has 0 spiro atoms. The second-order valence-electron chi connectivity index (χ2n) is 5.88. The van der Waals surface area contributed by atoms with E-state index in [4.69, 9.17) is 4.74 Å². The van der Waals surface area contributed by atoms with Crippen LogP contribution < -0.4 is 5.43 Å². The molecule has 1 aliphatic heterocycles. The number of ether oxygens (including phenoxy) is 1. The second-order valence-corrected chi connectivity index (χ2v) is 5.88. The lowest BCUT2D eigenvalue weighted by atomic mass is 9.94. The van der Waals surface area contributed by atoms with Gasteiger partial charge < -0.3 is 4.74 Å². The van der Waals surface area contributed by atoms with Crippen molar-refractivity contribution in [3.8, 4) is 11.1 Å². The summed E-state index contributed by atoms with van der Waals surface area (Å²) in [6.45, 7) is 3.04. The van der Waals surface area contributed by atoms with Crippen molar-refractivity contribution >= 4 is 11.8 Å². The third-order valence-electron chi connectivity index (χ3n) is 4.04. The molecule has 1 N–H and O–H groups in total. The molecule has 0 aliphatic carbocycles. The van der Waals surface area contributed by atoms with E-state index >= 15 is 0 Å². The topological polar surface area (TPSA) is 50.7 Å². The summed E-state index contributed by atoms with van der Waals surface area (Å²) in [7, 11) is 0. The number of halogens is 4. The van der Waals surface area contributed by atoms with Crippen molar-refractivity contribution in [1.82, 2.24) is 5.43 Å². The van der Waals surface area contributed by atoms with E-state index in [9.17, 15) is 22.4 Å². The van der Waals surface area contributed by atoms with Crippen LogP contribution in [0.1, 0.15) is 23.6 Å². The van der Waals surface area contributed by atoms with Gasteiger partial charge in [0.25, 0.3) is 0 Å². The van der Waals surface area contributed by atoms with Crippen LogP contribution in [-0.2, 0) is 10.9 Å². The first kappa shape index (κ1) is 17.9. The van der Waals surface area contributed by atoms with E-state index in [-0.39, 0.29) is 22.4 Å². The number of cyclic esters (lactones) is 1.